The van der Waals surface area contributed by atoms with E-state index in [9.17, 15) is 91.3 Å². The van der Waals surface area contributed by atoms with Crippen molar-refractivity contribution in [2.45, 2.75) is 212 Å². The fraction of sp³-hybridized carbons (Fsp3) is 0.950. The van der Waals surface area contributed by atoms with Crippen LogP contribution in [0.2, 0.25) is 0 Å². The van der Waals surface area contributed by atoms with Crippen molar-refractivity contribution in [3.05, 3.63) is 0 Å². The summed E-state index contributed by atoms with van der Waals surface area (Å²) in [6.45, 7) is 0.718. The number of rotatable bonds is 16. The number of carbonyl (C=O) groups is 2. The van der Waals surface area contributed by atoms with Crippen molar-refractivity contribution in [2.24, 2.45) is 0 Å². The molecule has 0 aromatic heterocycles. The number of ether oxygens (including phenoxy) is 11. The number of hydrogen-bond acceptors (Lipinski definition) is 29. The monoisotopic (exact) mass is 1040 g/mol. The fourth-order valence-electron chi connectivity index (χ4n) is 9.18. The van der Waals surface area contributed by atoms with Crippen LogP contribution in [0.1, 0.15) is 27.7 Å². The van der Waals surface area contributed by atoms with Gasteiger partial charge in [0.25, 0.3) is 0 Å². The van der Waals surface area contributed by atoms with Gasteiger partial charge >= 0.3 is 0 Å². The molecule has 0 saturated carbocycles. The van der Waals surface area contributed by atoms with Crippen molar-refractivity contribution < 1.29 is 143 Å². The average Bonchev–Trinajstić information content (AvgIpc) is 3.33. The van der Waals surface area contributed by atoms with E-state index in [1.165, 1.54) is 13.8 Å². The largest absolute Gasteiger partial charge is 0.394 e. The third kappa shape index (κ3) is 12.4. The van der Waals surface area contributed by atoms with Gasteiger partial charge in [0, 0.05) is 13.8 Å². The Morgan fingerprint density at radius 3 is 1.28 bits per heavy atom. The highest BCUT2D eigenvalue weighted by Crippen LogP contribution is 2.38. The first kappa shape index (κ1) is 58.1. The van der Waals surface area contributed by atoms with Crippen molar-refractivity contribution in [1.29, 1.82) is 0 Å². The minimum absolute atomic E-state index is 0.745. The van der Waals surface area contributed by atoms with E-state index in [-0.39, 0.29) is 0 Å². The van der Waals surface area contributed by atoms with E-state index >= 15 is 0 Å². The summed E-state index contributed by atoms with van der Waals surface area (Å²) >= 11 is 0. The molecule has 71 heavy (non-hydrogen) atoms. The van der Waals surface area contributed by atoms with Crippen LogP contribution in [-0.4, -0.2) is 304 Å². The van der Waals surface area contributed by atoms with E-state index in [1.807, 2.05) is 0 Å². The molecule has 0 radical (unpaired) electrons. The molecule has 18 N–H and O–H groups in total. The Balaban J connectivity index is 1.37. The van der Waals surface area contributed by atoms with Crippen LogP contribution in [-0.2, 0) is 61.7 Å². The van der Waals surface area contributed by atoms with Crippen LogP contribution in [0.4, 0.5) is 0 Å². The second-order valence-corrected chi connectivity index (χ2v) is 18.2. The first-order valence-electron chi connectivity index (χ1n) is 22.8. The molecule has 0 spiro atoms. The summed E-state index contributed by atoms with van der Waals surface area (Å²) in [5.74, 6) is -1.63. The number of carbonyl (C=O) groups excluding carboxylic acids is 2. The maximum absolute atomic E-state index is 13.1. The smallest absolute Gasteiger partial charge is 0.217 e. The molecule has 6 fully saturated rings. The van der Waals surface area contributed by atoms with Crippen LogP contribution >= 0.6 is 0 Å². The number of aliphatic hydroxyl groups is 16. The SMILES string of the molecule is CC(=O)N[C@H]1[C@H](O[C@H]2[C@@H](O)[C@@H](CO)O[C@@H](O[C@H]3[C@@H](O)[C@@H](CO)OC(O)[C@@H]3NC(C)=O)[C@@H]2O)O[C@H](CO)[C@@H](O[C@@H]2O[C@H](CO)[C@H](O)[C@H](O)[C@H]2O[C@@H]2O[C@@H](C)[C@@H](O)[C@@H](O)[C@@H]2O)[C@@H]1O[C@@H]1O[C@@H](C)[C@@H](O)[C@@H](O)[C@@H]1O. The van der Waals surface area contributed by atoms with Gasteiger partial charge in [-0.25, -0.2) is 0 Å². The maximum Gasteiger partial charge on any atom is 0.217 e. The zero-order chi connectivity index (χ0) is 52.5. The molecule has 0 aromatic rings. The lowest BCUT2D eigenvalue weighted by Crippen LogP contribution is -2.71. The molecule has 31 nitrogen and oxygen atoms in total. The second kappa shape index (κ2) is 24.7. The first-order valence-corrected chi connectivity index (χ1v) is 22.8. The van der Waals surface area contributed by atoms with Crippen LogP contribution in [0, 0.1) is 0 Å². The highest BCUT2D eigenvalue weighted by Gasteiger charge is 2.59. The molecule has 1 unspecified atom stereocenters. The fourth-order valence-corrected chi connectivity index (χ4v) is 9.18. The highest BCUT2D eigenvalue weighted by atomic mass is 16.8. The summed E-state index contributed by atoms with van der Waals surface area (Å²) in [7, 11) is 0. The Hall–Kier alpha value is -2.14. The molecule has 6 rings (SSSR count). The van der Waals surface area contributed by atoms with Gasteiger partial charge in [-0.05, 0) is 13.8 Å². The quantitative estimate of drug-likeness (QED) is 0.0682. The lowest BCUT2D eigenvalue weighted by Gasteiger charge is -2.52. The van der Waals surface area contributed by atoms with Crippen molar-refractivity contribution in [3.63, 3.8) is 0 Å². The lowest BCUT2D eigenvalue weighted by atomic mass is 9.93. The zero-order valence-corrected chi connectivity index (χ0v) is 38.6. The van der Waals surface area contributed by atoms with Gasteiger partial charge in [0.1, 0.15) is 134 Å². The van der Waals surface area contributed by atoms with Gasteiger partial charge in [-0.3, -0.25) is 9.59 Å². The Morgan fingerprint density at radius 2 is 0.761 bits per heavy atom. The Morgan fingerprint density at radius 1 is 0.366 bits per heavy atom. The van der Waals surface area contributed by atoms with Crippen LogP contribution < -0.4 is 10.6 Å². The summed E-state index contributed by atoms with van der Waals surface area (Å²) in [4.78, 5) is 25.2. The van der Waals surface area contributed by atoms with Gasteiger partial charge in [-0.1, -0.05) is 0 Å². The van der Waals surface area contributed by atoms with E-state index in [0.717, 1.165) is 13.8 Å². The Kier molecular flexibility index (Phi) is 20.2. The van der Waals surface area contributed by atoms with E-state index in [0.29, 0.717) is 0 Å². The van der Waals surface area contributed by atoms with E-state index < -0.39 is 222 Å². The molecular weight excluding hydrogens is 972 g/mol. The van der Waals surface area contributed by atoms with Gasteiger partial charge in [-0.2, -0.15) is 0 Å². The topological polar surface area (TPSA) is 483 Å². The maximum atomic E-state index is 13.1. The molecule has 6 aliphatic heterocycles. The van der Waals surface area contributed by atoms with E-state index in [4.69, 9.17) is 52.1 Å². The minimum Gasteiger partial charge on any atom is -0.394 e. The molecule has 6 saturated heterocycles. The van der Waals surface area contributed by atoms with Crippen molar-refractivity contribution in [3.8, 4) is 0 Å². The predicted molar refractivity (Wildman–Crippen MR) is 220 cm³/mol. The molecule has 31 heteroatoms. The molecular formula is C40H68N2O29. The molecule has 6 heterocycles. The van der Waals surface area contributed by atoms with Gasteiger partial charge in [-0.15, -0.1) is 0 Å². The van der Waals surface area contributed by atoms with Crippen molar-refractivity contribution in [2.75, 3.05) is 26.4 Å². The highest BCUT2D eigenvalue weighted by molar-refractivity contribution is 5.73. The third-order valence-electron chi connectivity index (χ3n) is 13.2. The summed E-state index contributed by atoms with van der Waals surface area (Å²) in [5, 5.41) is 177. The molecule has 412 valence electrons. The van der Waals surface area contributed by atoms with E-state index in [1.54, 1.807) is 0 Å². The van der Waals surface area contributed by atoms with Crippen molar-refractivity contribution >= 4 is 11.8 Å². The second-order valence-electron chi connectivity index (χ2n) is 18.2. The first-order chi connectivity index (χ1) is 33.5. The number of hydrogen-bond donors (Lipinski definition) is 18. The van der Waals surface area contributed by atoms with Gasteiger partial charge in [0.15, 0.2) is 37.7 Å². The third-order valence-corrected chi connectivity index (χ3v) is 13.2. The molecule has 30 atom stereocenters. The van der Waals surface area contributed by atoms with Crippen LogP contribution in [0.3, 0.4) is 0 Å². The van der Waals surface area contributed by atoms with E-state index in [2.05, 4.69) is 10.6 Å². The lowest BCUT2D eigenvalue weighted by molar-refractivity contribution is -0.400. The molecule has 0 aliphatic carbocycles. The number of amides is 2. The molecule has 6 aliphatic rings. The normalized spacial score (nSPS) is 50.8. The zero-order valence-electron chi connectivity index (χ0n) is 38.6. The Labute approximate surface area is 403 Å². The molecule has 2 amide bonds. The standard InChI is InChI=1S/C40H68N2O29/c1-9-19(49)24(54)27(57)37(61-9)69-32-18(42-12(4)48)36(70-33-23(53)15(7-45)64-39(29(33)59)68-31-17(41-11(3)47)35(60)63-14(6-44)22(31)52)66-16(8-46)30(32)67-40-34(26(56)21(51)13(5-43)65-40)71-38-28(58)25(55)20(50)10(2)62-38/h9-10,13-40,43-46,49-60H,5-8H2,1-4H3,(H,41,47)(H,42,48)/t9-,10-,13+,14+,15+,16+,17+,18+,19+,20+,21-,22-,23-,24+,25+,26-,27-,28-,29+,30+,31+,32+,33-,34+,35?,36-,37-,38-,39-,40-/m0/s1. The molecule has 0 bridgehead atoms. The van der Waals surface area contributed by atoms with Crippen LogP contribution in [0.25, 0.3) is 0 Å². The van der Waals surface area contributed by atoms with Gasteiger partial charge in [0.2, 0.25) is 11.8 Å². The minimum atomic E-state index is -2.20. The summed E-state index contributed by atoms with van der Waals surface area (Å²) in [5.41, 5.74) is 0. The average molecular weight is 1040 g/mol. The number of aliphatic hydroxyl groups excluding tert-OH is 16. The Bertz CT molecular complexity index is 1710. The van der Waals surface area contributed by atoms with Crippen LogP contribution in [0.5, 0.6) is 0 Å². The van der Waals surface area contributed by atoms with Crippen LogP contribution in [0.15, 0.2) is 0 Å². The van der Waals surface area contributed by atoms with Gasteiger partial charge in [0.05, 0.1) is 38.6 Å². The predicted octanol–water partition coefficient (Wildman–Crippen LogP) is -11.8. The van der Waals surface area contributed by atoms with Crippen molar-refractivity contribution in [1.82, 2.24) is 10.6 Å². The van der Waals surface area contributed by atoms with Gasteiger partial charge < -0.3 is 144 Å². The number of nitrogens with one attached hydrogen (secondary N) is 2. The summed E-state index contributed by atoms with van der Waals surface area (Å²) < 4.78 is 64.4. The summed E-state index contributed by atoms with van der Waals surface area (Å²) in [6, 6.07) is -3.43. The summed E-state index contributed by atoms with van der Waals surface area (Å²) in [6.07, 6.45) is -51.9. The molecule has 0 aromatic carbocycles.